The quantitative estimate of drug-likeness (QED) is 0.812. The number of carbonyl (C=O) groups excluding carboxylic acids is 1. The molecule has 1 unspecified atom stereocenters. The Morgan fingerprint density at radius 2 is 2.00 bits per heavy atom. The highest BCUT2D eigenvalue weighted by molar-refractivity contribution is 6.20. The Bertz CT molecular complexity index is 384. The molecule has 0 radical (unpaired) electrons. The van der Waals surface area contributed by atoms with Crippen LogP contribution < -0.4 is 10.1 Å². The Morgan fingerprint density at radius 1 is 1.39 bits per heavy atom. The molecule has 0 spiro atoms. The molecule has 1 aromatic rings. The van der Waals surface area contributed by atoms with Crippen LogP contribution in [0.4, 0.5) is 8.78 Å². The van der Waals surface area contributed by atoms with Crippen molar-refractivity contribution in [2.24, 2.45) is 0 Å². The Balaban J connectivity index is 2.53. The topological polar surface area (TPSA) is 38.3 Å². The first-order chi connectivity index (χ1) is 8.52. The Morgan fingerprint density at radius 3 is 2.50 bits per heavy atom. The first kappa shape index (κ1) is 14.7. The maximum Gasteiger partial charge on any atom is 0.387 e. The van der Waals surface area contributed by atoms with Gasteiger partial charge in [-0.3, -0.25) is 4.79 Å². The van der Waals surface area contributed by atoms with Crippen LogP contribution in [0.2, 0.25) is 0 Å². The van der Waals surface area contributed by atoms with E-state index in [9.17, 15) is 13.6 Å². The summed E-state index contributed by atoms with van der Waals surface area (Å²) in [5.41, 5.74) is 0.372. The molecule has 6 heteroatoms. The second kappa shape index (κ2) is 7.16. The zero-order valence-corrected chi connectivity index (χ0v) is 10.6. The van der Waals surface area contributed by atoms with Gasteiger partial charge in [0.2, 0.25) is 0 Å². The fourth-order valence-electron chi connectivity index (χ4n) is 1.24. The number of ether oxygens (including phenoxy) is 1. The lowest BCUT2D eigenvalue weighted by atomic mass is 10.2. The number of carbonyl (C=O) groups is 1. The van der Waals surface area contributed by atoms with Crippen molar-refractivity contribution in [3.8, 4) is 5.75 Å². The fraction of sp³-hybridized carbons (Fsp3) is 0.417. The summed E-state index contributed by atoms with van der Waals surface area (Å²) in [6, 6.07) is 5.47. The van der Waals surface area contributed by atoms with Crippen molar-refractivity contribution in [3.05, 3.63) is 29.8 Å². The maximum absolute atomic E-state index is 11.9. The lowest BCUT2D eigenvalue weighted by molar-refractivity contribution is -0.0498. The van der Waals surface area contributed by atoms with E-state index in [0.29, 0.717) is 12.1 Å². The van der Waals surface area contributed by atoms with Crippen LogP contribution >= 0.6 is 11.6 Å². The van der Waals surface area contributed by atoms with Gasteiger partial charge in [-0.25, -0.2) is 0 Å². The molecular weight excluding hydrogens is 264 g/mol. The second-order valence-electron chi connectivity index (χ2n) is 3.62. The van der Waals surface area contributed by atoms with Crippen LogP contribution in [-0.4, -0.2) is 24.4 Å². The van der Waals surface area contributed by atoms with Gasteiger partial charge < -0.3 is 10.1 Å². The molecule has 0 aromatic heterocycles. The number of hydrogen-bond acceptors (Lipinski definition) is 2. The van der Waals surface area contributed by atoms with Gasteiger partial charge >= 0.3 is 6.61 Å². The van der Waals surface area contributed by atoms with Crippen LogP contribution in [0.5, 0.6) is 5.75 Å². The van der Waals surface area contributed by atoms with Gasteiger partial charge in [-0.1, -0.05) is 6.92 Å². The summed E-state index contributed by atoms with van der Waals surface area (Å²) >= 11 is 5.86. The van der Waals surface area contributed by atoms with Crippen LogP contribution in [0.25, 0.3) is 0 Å². The zero-order chi connectivity index (χ0) is 13.5. The summed E-state index contributed by atoms with van der Waals surface area (Å²) in [5, 5.41) is 2.53. The molecule has 1 aromatic carbocycles. The molecule has 100 valence electrons. The average Bonchev–Trinajstić information content (AvgIpc) is 2.35. The summed E-state index contributed by atoms with van der Waals surface area (Å²) in [7, 11) is 0. The van der Waals surface area contributed by atoms with Crippen molar-refractivity contribution in [1.29, 1.82) is 0 Å². The van der Waals surface area contributed by atoms with Crippen LogP contribution in [0.3, 0.4) is 0 Å². The minimum absolute atomic E-state index is 0.0188. The summed E-state index contributed by atoms with van der Waals surface area (Å²) in [6.45, 7) is -0.585. The molecule has 3 nitrogen and oxygen atoms in total. The van der Waals surface area contributed by atoms with Gasteiger partial charge in [0.1, 0.15) is 5.75 Å². The molecule has 1 atom stereocenters. The number of hydrogen-bond donors (Lipinski definition) is 1. The van der Waals surface area contributed by atoms with Crippen molar-refractivity contribution >= 4 is 17.5 Å². The number of benzene rings is 1. The van der Waals surface area contributed by atoms with Crippen LogP contribution in [0.15, 0.2) is 24.3 Å². The Labute approximate surface area is 109 Å². The highest BCUT2D eigenvalue weighted by Gasteiger charge is 2.09. The molecule has 0 aliphatic carbocycles. The highest BCUT2D eigenvalue weighted by atomic mass is 35.5. The lowest BCUT2D eigenvalue weighted by Gasteiger charge is -2.09. The van der Waals surface area contributed by atoms with Gasteiger partial charge in [-0.2, -0.15) is 8.78 Å². The molecule has 0 bridgehead atoms. The van der Waals surface area contributed by atoms with Crippen molar-refractivity contribution in [3.63, 3.8) is 0 Å². The van der Waals surface area contributed by atoms with Crippen LogP contribution in [0.1, 0.15) is 23.7 Å². The molecule has 1 rings (SSSR count). The molecule has 18 heavy (non-hydrogen) atoms. The van der Waals surface area contributed by atoms with E-state index >= 15 is 0 Å². The average molecular weight is 278 g/mol. The van der Waals surface area contributed by atoms with Crippen molar-refractivity contribution in [2.75, 3.05) is 6.54 Å². The third-order valence-electron chi connectivity index (χ3n) is 2.27. The Kier molecular flexibility index (Phi) is 5.85. The van der Waals surface area contributed by atoms with Crippen LogP contribution in [-0.2, 0) is 0 Å². The van der Waals surface area contributed by atoms with E-state index in [4.69, 9.17) is 11.6 Å². The number of nitrogens with one attached hydrogen (secondary N) is 1. The molecule has 0 saturated carbocycles. The summed E-state index contributed by atoms with van der Waals surface area (Å²) in [6.07, 6.45) is 0.753. The Hall–Kier alpha value is -1.36. The summed E-state index contributed by atoms with van der Waals surface area (Å²) in [4.78, 5) is 11.6. The molecule has 0 aliphatic heterocycles. The van der Waals surface area contributed by atoms with Gasteiger partial charge in [0.05, 0.1) is 5.38 Å². The largest absolute Gasteiger partial charge is 0.435 e. The van der Waals surface area contributed by atoms with E-state index in [-0.39, 0.29) is 17.0 Å². The van der Waals surface area contributed by atoms with Gasteiger partial charge in [-0.05, 0) is 30.7 Å². The number of alkyl halides is 3. The normalized spacial score (nSPS) is 12.3. The second-order valence-corrected chi connectivity index (χ2v) is 4.24. The van der Waals surface area contributed by atoms with E-state index in [2.05, 4.69) is 10.1 Å². The molecule has 1 amide bonds. The van der Waals surface area contributed by atoms with Crippen molar-refractivity contribution in [1.82, 2.24) is 5.32 Å². The molecule has 0 heterocycles. The van der Waals surface area contributed by atoms with E-state index in [0.717, 1.165) is 6.42 Å². The van der Waals surface area contributed by atoms with Crippen molar-refractivity contribution < 1.29 is 18.3 Å². The predicted octanol–water partition coefficient (Wildman–Crippen LogP) is 3.04. The predicted molar refractivity (Wildman–Crippen MR) is 65.3 cm³/mol. The van der Waals surface area contributed by atoms with E-state index in [1.165, 1.54) is 24.3 Å². The van der Waals surface area contributed by atoms with Crippen molar-refractivity contribution in [2.45, 2.75) is 25.3 Å². The minimum Gasteiger partial charge on any atom is -0.435 e. The SMILES string of the molecule is CCC(Cl)CNC(=O)c1ccc(OC(F)F)cc1. The molecule has 0 fully saturated rings. The number of amides is 1. The van der Waals surface area contributed by atoms with Gasteiger partial charge in [-0.15, -0.1) is 11.6 Å². The monoisotopic (exact) mass is 277 g/mol. The van der Waals surface area contributed by atoms with E-state index in [1.807, 2.05) is 6.92 Å². The highest BCUT2D eigenvalue weighted by Crippen LogP contribution is 2.14. The maximum atomic E-state index is 11.9. The molecule has 0 saturated heterocycles. The standard InChI is InChI=1S/C12H14ClF2NO2/c1-2-9(13)7-16-11(17)8-3-5-10(6-4-8)18-12(14)15/h3-6,9,12H,2,7H2,1H3,(H,16,17). The summed E-state index contributed by atoms with van der Waals surface area (Å²) in [5.74, 6) is -0.275. The minimum atomic E-state index is -2.87. The third kappa shape index (κ3) is 4.87. The lowest BCUT2D eigenvalue weighted by Crippen LogP contribution is -2.29. The van der Waals surface area contributed by atoms with E-state index in [1.54, 1.807) is 0 Å². The van der Waals surface area contributed by atoms with Gasteiger partial charge in [0.15, 0.2) is 0 Å². The van der Waals surface area contributed by atoms with Crippen LogP contribution in [0, 0.1) is 0 Å². The van der Waals surface area contributed by atoms with E-state index < -0.39 is 6.61 Å². The smallest absolute Gasteiger partial charge is 0.387 e. The fourth-order valence-corrected chi connectivity index (χ4v) is 1.31. The third-order valence-corrected chi connectivity index (χ3v) is 2.73. The molecule has 1 N–H and O–H groups in total. The molecule has 0 aliphatic rings. The first-order valence-corrected chi connectivity index (χ1v) is 5.93. The molecular formula is C12H14ClF2NO2. The first-order valence-electron chi connectivity index (χ1n) is 5.50. The van der Waals surface area contributed by atoms with Gasteiger partial charge in [0.25, 0.3) is 5.91 Å². The zero-order valence-electron chi connectivity index (χ0n) is 9.83. The number of halogens is 3. The van der Waals surface area contributed by atoms with Gasteiger partial charge in [0, 0.05) is 12.1 Å². The number of rotatable bonds is 6. The summed E-state index contributed by atoms with van der Waals surface area (Å²) < 4.78 is 28.0.